The van der Waals surface area contributed by atoms with E-state index in [2.05, 4.69) is 252 Å². The summed E-state index contributed by atoms with van der Waals surface area (Å²) in [5.41, 5.74) is 33.4. The van der Waals surface area contributed by atoms with Crippen LogP contribution in [0.3, 0.4) is 0 Å². The normalized spacial score (nSPS) is 12.5. The molecule has 490 valence electrons. The lowest BCUT2D eigenvalue weighted by molar-refractivity contribution is -0.660. The number of aryl methyl sites for hydroxylation is 11. The molecule has 0 atom stereocenters. The lowest BCUT2D eigenvalue weighted by Gasteiger charge is -2.14. The van der Waals surface area contributed by atoms with Crippen LogP contribution in [0.25, 0.3) is 112 Å². The highest BCUT2D eigenvalue weighted by Gasteiger charge is 2.21. The molecule has 0 aliphatic heterocycles. The van der Waals surface area contributed by atoms with Crippen LogP contribution in [-0.4, -0.2) is 0 Å². The third kappa shape index (κ3) is 15.8. The molecule has 4 nitrogen and oxygen atoms in total. The molecule has 0 saturated carbocycles. The zero-order valence-corrected chi connectivity index (χ0v) is 59.1. The highest BCUT2D eigenvalue weighted by molar-refractivity contribution is 5.83. The van der Waals surface area contributed by atoms with Gasteiger partial charge in [-0.1, -0.05) is 194 Å². The molecule has 0 fully saturated rings. The minimum absolute atomic E-state index is 0.278. The van der Waals surface area contributed by atoms with Gasteiger partial charge in [0.1, 0.15) is 28.2 Å². The SMILES string of the molecule is Cc1cc[n+](C)c(-c2cccc(-c3ccc(-c4ccccc4)cc3C)c2C)c1.Cc1ccc(-c2ccc(-c3cccc(-c4cccc[n+]4C)c3C)c(C)c2)cc1.[2H]C([2H])([2H])c1ccc(-c2cccc(-c3ccccc3C([2H])([2H])[2H])c2C)[n+](C)c1.[2H]C([2H])([2H])c1ccccc1-c1cccc(-c2cccc[n+]2C)c1C. The van der Waals surface area contributed by atoms with Crippen molar-refractivity contribution in [2.24, 2.45) is 28.2 Å². The molecular formula is C95H94N4+4. The highest BCUT2D eigenvalue weighted by Crippen LogP contribution is 2.38. The van der Waals surface area contributed by atoms with E-state index >= 15 is 0 Å². The van der Waals surface area contributed by atoms with Gasteiger partial charge in [0.05, 0.1) is 0 Å². The number of benzene rings is 10. The van der Waals surface area contributed by atoms with Crippen LogP contribution in [0.2, 0.25) is 0 Å². The van der Waals surface area contributed by atoms with Crippen LogP contribution in [-0.2, 0) is 28.2 Å². The first-order valence-electron chi connectivity index (χ1n) is 38.3. The maximum absolute atomic E-state index is 7.84. The van der Waals surface area contributed by atoms with Crippen molar-refractivity contribution >= 4 is 0 Å². The van der Waals surface area contributed by atoms with E-state index in [1.54, 1.807) is 47.2 Å². The van der Waals surface area contributed by atoms with Crippen LogP contribution < -0.4 is 18.3 Å². The summed E-state index contributed by atoms with van der Waals surface area (Å²) in [5.74, 6) is 0. The van der Waals surface area contributed by atoms with Gasteiger partial charge in [-0.2, -0.15) is 0 Å². The molecule has 14 aromatic rings. The van der Waals surface area contributed by atoms with Crippen LogP contribution >= 0.6 is 0 Å². The van der Waals surface area contributed by atoms with Gasteiger partial charge >= 0.3 is 0 Å². The molecule has 0 N–H and O–H groups in total. The summed E-state index contributed by atoms with van der Waals surface area (Å²) in [6, 6.07) is 92.5. The molecule has 4 aromatic heterocycles. The van der Waals surface area contributed by atoms with Crippen LogP contribution in [0.5, 0.6) is 0 Å². The van der Waals surface area contributed by atoms with Crippen LogP contribution in [0, 0.1) is 75.9 Å². The third-order valence-corrected chi connectivity index (χ3v) is 18.9. The Hall–Kier alpha value is -11.2. The maximum atomic E-state index is 7.84. The fourth-order valence-corrected chi connectivity index (χ4v) is 13.4. The van der Waals surface area contributed by atoms with E-state index < -0.39 is 20.6 Å². The zero-order chi connectivity index (χ0) is 77.4. The van der Waals surface area contributed by atoms with E-state index in [4.69, 9.17) is 12.3 Å². The van der Waals surface area contributed by atoms with E-state index in [1.807, 2.05) is 101 Å². The quantitative estimate of drug-likeness (QED) is 0.121. The number of pyridine rings is 4. The molecular weight excluding hydrogens is 1200 g/mol. The topological polar surface area (TPSA) is 15.5 Å². The number of rotatable bonds is 10. The predicted molar refractivity (Wildman–Crippen MR) is 417 cm³/mol. The average molecular weight is 1300 g/mol. The Bertz CT molecular complexity index is 5560. The summed E-state index contributed by atoms with van der Waals surface area (Å²) < 4.78 is 78.0. The largest absolute Gasteiger partial charge is 0.212 e. The number of nitrogens with zero attached hydrogens (tertiary/aromatic N) is 4. The fraction of sp³-hybridized carbons (Fsp3) is 0.158. The Morgan fingerprint density at radius 2 is 0.566 bits per heavy atom. The molecule has 10 aromatic carbocycles. The van der Waals surface area contributed by atoms with Gasteiger partial charge < -0.3 is 0 Å². The lowest BCUT2D eigenvalue weighted by Crippen LogP contribution is -2.31. The van der Waals surface area contributed by atoms with Crippen molar-refractivity contribution in [1.29, 1.82) is 0 Å². The molecule has 0 amide bonds. The smallest absolute Gasteiger partial charge is 0.201 e. The molecule has 0 radical (unpaired) electrons. The van der Waals surface area contributed by atoms with Crippen molar-refractivity contribution in [3.8, 4) is 112 Å². The molecule has 0 spiro atoms. The molecule has 14 rings (SSSR count). The van der Waals surface area contributed by atoms with Crippen molar-refractivity contribution in [3.05, 3.63) is 359 Å². The lowest BCUT2D eigenvalue weighted by atomic mass is 9.90. The molecule has 4 heterocycles. The van der Waals surface area contributed by atoms with Crippen molar-refractivity contribution < 1.29 is 30.6 Å². The van der Waals surface area contributed by atoms with Gasteiger partial charge in [0.25, 0.3) is 0 Å². The van der Waals surface area contributed by atoms with Gasteiger partial charge in [0, 0.05) is 82.6 Å². The van der Waals surface area contributed by atoms with Gasteiger partial charge in [-0.05, 0) is 235 Å². The summed E-state index contributed by atoms with van der Waals surface area (Å²) in [6.45, 7) is 10.7. The molecule has 99 heavy (non-hydrogen) atoms. The minimum Gasteiger partial charge on any atom is -0.201 e. The number of aromatic nitrogens is 4. The monoisotopic (exact) mass is 1300 g/mol. The summed E-state index contributed by atoms with van der Waals surface area (Å²) in [4.78, 5) is 0. The first kappa shape index (κ1) is 58.0. The molecule has 0 bridgehead atoms. The van der Waals surface area contributed by atoms with Crippen LogP contribution in [0.15, 0.2) is 298 Å². The van der Waals surface area contributed by atoms with Crippen molar-refractivity contribution in [2.75, 3.05) is 0 Å². The van der Waals surface area contributed by atoms with Gasteiger partial charge in [0.15, 0.2) is 24.8 Å². The molecule has 4 heteroatoms. The Morgan fingerprint density at radius 1 is 0.212 bits per heavy atom. The van der Waals surface area contributed by atoms with Gasteiger partial charge in [-0.15, -0.1) is 0 Å². The van der Waals surface area contributed by atoms with E-state index in [0.29, 0.717) is 16.7 Å². The average Bonchev–Trinajstić information content (AvgIpc) is 1.73. The highest BCUT2D eigenvalue weighted by atomic mass is 14.9. The molecule has 0 saturated heterocycles. The second-order valence-corrected chi connectivity index (χ2v) is 25.8. The predicted octanol–water partition coefficient (Wildman–Crippen LogP) is 22.1. The first-order valence-corrected chi connectivity index (χ1v) is 33.8. The maximum Gasteiger partial charge on any atom is 0.212 e. The van der Waals surface area contributed by atoms with Gasteiger partial charge in [0.2, 0.25) is 22.8 Å². The van der Waals surface area contributed by atoms with E-state index in [9.17, 15) is 0 Å². The summed E-state index contributed by atoms with van der Waals surface area (Å²) >= 11 is 0. The standard InChI is InChI=1S/2C27H26N.C21H22N.C20H20N/c1-19-11-13-22(14-12-19)23-15-16-24(20(2)18-23)25-8-7-9-26(21(25)3)27-10-5-6-17-28(27)4;1-19-15-16-28(4)27(17-19)26-12-8-11-25(21(26)3)24-14-13-23(18-20(24)2)22-9-6-5-7-10-22;1-15-12-13-21(22(4)14-15)20-11-7-10-19(17(20)3)18-9-6-5-8-16(18)2;1-15-9-4-5-10-17(15)18-11-8-12-19(16(18)2)20-13-6-7-14-21(20)3/h2*5-18H,1-4H3;5-14H,1-4H3;4-14H,1-3H3/q4*+1/i;;1D3,2D3;1D3. The van der Waals surface area contributed by atoms with Crippen LogP contribution in [0.1, 0.15) is 73.5 Å². The Labute approximate surface area is 602 Å². The van der Waals surface area contributed by atoms with Gasteiger partial charge in [-0.25, -0.2) is 18.3 Å². The number of hydrogen-bond donors (Lipinski definition) is 0. The zero-order valence-electron chi connectivity index (χ0n) is 68.1. The van der Waals surface area contributed by atoms with Crippen molar-refractivity contribution in [2.45, 2.75) is 75.9 Å². The van der Waals surface area contributed by atoms with E-state index in [0.717, 1.165) is 50.3 Å². The van der Waals surface area contributed by atoms with E-state index in [1.165, 1.54) is 100 Å². The second-order valence-electron chi connectivity index (χ2n) is 25.8. The Morgan fingerprint density at radius 3 is 0.990 bits per heavy atom. The Balaban J connectivity index is 0.000000144. The number of hydrogen-bond acceptors (Lipinski definition) is 0. The summed E-state index contributed by atoms with van der Waals surface area (Å²) in [5, 5.41) is 0. The van der Waals surface area contributed by atoms with Crippen molar-refractivity contribution in [3.63, 3.8) is 0 Å². The van der Waals surface area contributed by atoms with Crippen molar-refractivity contribution in [1.82, 2.24) is 0 Å². The fourth-order valence-electron chi connectivity index (χ4n) is 13.4. The molecule has 0 aliphatic rings. The summed E-state index contributed by atoms with van der Waals surface area (Å²) in [6.07, 6.45) is 7.86. The Kier molecular flexibility index (Phi) is 18.4. The van der Waals surface area contributed by atoms with E-state index in [-0.39, 0.29) is 5.56 Å². The minimum atomic E-state index is -2.20. The third-order valence-electron chi connectivity index (χ3n) is 18.9. The second kappa shape index (κ2) is 31.3. The summed E-state index contributed by atoms with van der Waals surface area (Å²) in [7, 11) is 8.04. The molecule has 0 unspecified atom stereocenters. The van der Waals surface area contributed by atoms with Gasteiger partial charge in [-0.3, -0.25) is 0 Å². The first-order chi connectivity index (χ1) is 51.5. The van der Waals surface area contributed by atoms with Crippen LogP contribution in [0.4, 0.5) is 0 Å². The molecule has 0 aliphatic carbocycles.